The molecule has 2 rings (SSSR count). The second-order valence-electron chi connectivity index (χ2n) is 5.96. The number of hydrogen-bond donors (Lipinski definition) is 1. The molecule has 1 aromatic carbocycles. The summed E-state index contributed by atoms with van der Waals surface area (Å²) in [5.41, 5.74) is 0.707. The van der Waals surface area contributed by atoms with E-state index < -0.39 is 18.6 Å². The van der Waals surface area contributed by atoms with Crippen LogP contribution in [0.2, 0.25) is 0 Å². The highest BCUT2D eigenvalue weighted by Crippen LogP contribution is 2.29. The van der Waals surface area contributed by atoms with Crippen LogP contribution in [-0.4, -0.2) is 37.8 Å². The molecule has 0 aliphatic carbocycles. The van der Waals surface area contributed by atoms with E-state index in [1.54, 1.807) is 24.3 Å². The van der Waals surface area contributed by atoms with Crippen molar-refractivity contribution in [2.24, 2.45) is 5.92 Å². The molecule has 1 aliphatic heterocycles. The second-order valence-corrected chi connectivity index (χ2v) is 5.96. The van der Waals surface area contributed by atoms with Crippen LogP contribution in [0.25, 0.3) is 0 Å². The molecule has 21 heavy (non-hydrogen) atoms. The van der Waals surface area contributed by atoms with E-state index >= 15 is 0 Å². The maximum Gasteiger partial charge on any atom is 0.390 e. The third-order valence-corrected chi connectivity index (χ3v) is 4.01. The first-order valence-corrected chi connectivity index (χ1v) is 7.47. The summed E-state index contributed by atoms with van der Waals surface area (Å²) in [7, 11) is 2.07. The monoisotopic (exact) mass is 300 g/mol. The Bertz CT molecular complexity index is 419. The van der Waals surface area contributed by atoms with Crippen molar-refractivity contribution in [1.82, 2.24) is 10.2 Å². The van der Waals surface area contributed by atoms with E-state index in [9.17, 15) is 13.2 Å². The number of likely N-dealkylation sites (tertiary alicyclic amines) is 1. The molecule has 5 heteroatoms. The maximum absolute atomic E-state index is 12.8. The van der Waals surface area contributed by atoms with Gasteiger partial charge in [0.1, 0.15) is 0 Å². The summed E-state index contributed by atoms with van der Waals surface area (Å²) < 4.78 is 38.3. The topological polar surface area (TPSA) is 15.3 Å². The molecule has 118 valence electrons. The third-order valence-electron chi connectivity index (χ3n) is 4.01. The number of nitrogens with zero attached hydrogens (tertiary/aromatic N) is 1. The van der Waals surface area contributed by atoms with Crippen LogP contribution in [0.3, 0.4) is 0 Å². The minimum absolute atomic E-state index is 0.434. The molecule has 0 saturated carbocycles. The van der Waals surface area contributed by atoms with Crippen LogP contribution in [0.4, 0.5) is 13.2 Å². The van der Waals surface area contributed by atoms with Gasteiger partial charge in [-0.2, -0.15) is 13.2 Å². The lowest BCUT2D eigenvalue weighted by atomic mass is 9.97. The number of halogens is 3. The Morgan fingerprint density at radius 3 is 2.62 bits per heavy atom. The number of nitrogens with one attached hydrogen (secondary N) is 1. The van der Waals surface area contributed by atoms with Crippen LogP contribution in [0.5, 0.6) is 0 Å². The van der Waals surface area contributed by atoms with Crippen LogP contribution in [0.1, 0.15) is 30.9 Å². The van der Waals surface area contributed by atoms with Gasteiger partial charge in [0.05, 0.1) is 6.42 Å². The first kappa shape index (κ1) is 16.3. The molecule has 1 aromatic rings. The first-order valence-electron chi connectivity index (χ1n) is 7.47. The molecule has 1 saturated heterocycles. The van der Waals surface area contributed by atoms with Crippen LogP contribution >= 0.6 is 0 Å². The maximum atomic E-state index is 12.8. The largest absolute Gasteiger partial charge is 0.390 e. The molecule has 1 N–H and O–H groups in total. The van der Waals surface area contributed by atoms with Gasteiger partial charge in [-0.15, -0.1) is 0 Å². The van der Waals surface area contributed by atoms with Crippen LogP contribution in [0.15, 0.2) is 30.3 Å². The van der Waals surface area contributed by atoms with Crippen LogP contribution < -0.4 is 5.32 Å². The number of alkyl halides is 3. The zero-order valence-electron chi connectivity index (χ0n) is 12.4. The van der Waals surface area contributed by atoms with E-state index in [1.807, 2.05) is 6.07 Å². The predicted molar refractivity (Wildman–Crippen MR) is 78.1 cm³/mol. The lowest BCUT2D eigenvalue weighted by Gasteiger charge is -2.31. The minimum atomic E-state index is -4.16. The van der Waals surface area contributed by atoms with Crippen molar-refractivity contribution in [3.05, 3.63) is 35.9 Å². The molecule has 0 radical (unpaired) electrons. The molecule has 0 spiro atoms. The SMILES string of the molecule is CN1CCCC(CNC(CC(F)(F)F)c2ccccc2)C1. The second kappa shape index (κ2) is 7.27. The summed E-state index contributed by atoms with van der Waals surface area (Å²) in [4.78, 5) is 2.25. The zero-order valence-corrected chi connectivity index (χ0v) is 12.4. The van der Waals surface area contributed by atoms with Crippen molar-refractivity contribution in [3.63, 3.8) is 0 Å². The van der Waals surface area contributed by atoms with Gasteiger partial charge in [0.25, 0.3) is 0 Å². The third kappa shape index (κ3) is 5.67. The Hall–Kier alpha value is -1.07. The quantitative estimate of drug-likeness (QED) is 0.893. The lowest BCUT2D eigenvalue weighted by molar-refractivity contribution is -0.140. The Balaban J connectivity index is 1.96. The van der Waals surface area contributed by atoms with Crippen molar-refractivity contribution in [2.75, 3.05) is 26.7 Å². The number of piperidine rings is 1. The molecule has 0 bridgehead atoms. The number of benzene rings is 1. The van der Waals surface area contributed by atoms with E-state index in [0.717, 1.165) is 25.9 Å². The van der Waals surface area contributed by atoms with Gasteiger partial charge in [-0.05, 0) is 44.5 Å². The molecular formula is C16H23F3N2. The Kier molecular flexibility index (Phi) is 5.65. The Morgan fingerprint density at radius 2 is 2.00 bits per heavy atom. The highest BCUT2D eigenvalue weighted by Gasteiger charge is 2.32. The van der Waals surface area contributed by atoms with Gasteiger partial charge in [0, 0.05) is 12.6 Å². The Morgan fingerprint density at radius 1 is 1.29 bits per heavy atom. The number of rotatable bonds is 5. The van der Waals surface area contributed by atoms with E-state index in [2.05, 4.69) is 17.3 Å². The summed E-state index contributed by atoms with van der Waals surface area (Å²) in [6.45, 7) is 2.68. The standard InChI is InChI=1S/C16H23F3N2/c1-21-9-5-6-13(12-21)11-20-15(10-16(17,18)19)14-7-3-2-4-8-14/h2-4,7-8,13,15,20H,5-6,9-12H2,1H3. The summed E-state index contributed by atoms with van der Waals surface area (Å²) in [6, 6.07) is 8.26. The van der Waals surface area contributed by atoms with Crippen LogP contribution in [0, 0.1) is 5.92 Å². The van der Waals surface area contributed by atoms with E-state index in [0.29, 0.717) is 18.0 Å². The molecule has 1 heterocycles. The van der Waals surface area contributed by atoms with Gasteiger partial charge in [-0.25, -0.2) is 0 Å². The lowest BCUT2D eigenvalue weighted by Crippen LogP contribution is -2.39. The Labute approximate surface area is 124 Å². The molecule has 1 fully saturated rings. The average Bonchev–Trinajstić information content (AvgIpc) is 2.43. The van der Waals surface area contributed by atoms with E-state index in [1.165, 1.54) is 0 Å². The molecule has 0 amide bonds. The van der Waals surface area contributed by atoms with Gasteiger partial charge in [0.2, 0.25) is 0 Å². The van der Waals surface area contributed by atoms with Crippen molar-refractivity contribution in [2.45, 2.75) is 31.5 Å². The fraction of sp³-hybridized carbons (Fsp3) is 0.625. The minimum Gasteiger partial charge on any atom is -0.309 e. The van der Waals surface area contributed by atoms with Crippen molar-refractivity contribution >= 4 is 0 Å². The van der Waals surface area contributed by atoms with E-state index in [4.69, 9.17) is 0 Å². The molecule has 2 unspecified atom stereocenters. The van der Waals surface area contributed by atoms with Gasteiger partial charge in [-0.3, -0.25) is 0 Å². The highest BCUT2D eigenvalue weighted by molar-refractivity contribution is 5.19. The van der Waals surface area contributed by atoms with Gasteiger partial charge in [0.15, 0.2) is 0 Å². The number of hydrogen-bond acceptors (Lipinski definition) is 2. The van der Waals surface area contributed by atoms with Crippen molar-refractivity contribution in [3.8, 4) is 0 Å². The normalized spacial score (nSPS) is 22.2. The van der Waals surface area contributed by atoms with Crippen LogP contribution in [-0.2, 0) is 0 Å². The summed E-state index contributed by atoms with van der Waals surface area (Å²) in [5.74, 6) is 0.434. The molecule has 0 aromatic heterocycles. The van der Waals surface area contributed by atoms with Gasteiger partial charge in [-0.1, -0.05) is 30.3 Å². The first-order chi connectivity index (χ1) is 9.94. The zero-order chi connectivity index (χ0) is 15.3. The summed E-state index contributed by atoms with van der Waals surface area (Å²) in [5, 5.41) is 3.14. The fourth-order valence-corrected chi connectivity index (χ4v) is 2.97. The fourth-order valence-electron chi connectivity index (χ4n) is 2.97. The summed E-state index contributed by atoms with van der Waals surface area (Å²) >= 11 is 0. The van der Waals surface area contributed by atoms with Crippen molar-refractivity contribution < 1.29 is 13.2 Å². The molecule has 1 aliphatic rings. The van der Waals surface area contributed by atoms with Gasteiger partial charge >= 0.3 is 6.18 Å². The molecular weight excluding hydrogens is 277 g/mol. The summed E-state index contributed by atoms with van der Waals surface area (Å²) in [6.07, 6.45) is -2.76. The molecule has 2 atom stereocenters. The van der Waals surface area contributed by atoms with Crippen molar-refractivity contribution in [1.29, 1.82) is 0 Å². The smallest absolute Gasteiger partial charge is 0.309 e. The average molecular weight is 300 g/mol. The molecule has 2 nitrogen and oxygen atoms in total. The van der Waals surface area contributed by atoms with E-state index in [-0.39, 0.29) is 0 Å². The predicted octanol–water partition coefficient (Wildman–Crippen LogP) is 3.61. The highest BCUT2D eigenvalue weighted by atomic mass is 19.4. The van der Waals surface area contributed by atoms with Gasteiger partial charge < -0.3 is 10.2 Å².